The van der Waals surface area contributed by atoms with E-state index in [2.05, 4.69) is 10.6 Å². The highest BCUT2D eigenvalue weighted by Crippen LogP contribution is 2.26. The number of carbonyl (C=O) groups excluding carboxylic acids is 2. The number of phenolic OH excluding ortho intramolecular Hbond substituents is 2. The van der Waals surface area contributed by atoms with Crippen molar-refractivity contribution in [1.29, 1.82) is 0 Å². The molecule has 5 N–H and O–H groups in total. The van der Waals surface area contributed by atoms with E-state index >= 15 is 0 Å². The minimum atomic E-state index is -1.17. The number of benzene rings is 2. The SMILES string of the molecule is O=C1NC(=O)c2ccccc2/C1=C/NC(Cc1ccc(O)c(O)c1)C(=O)O. The molecule has 1 aliphatic heterocycles. The fourth-order valence-electron chi connectivity index (χ4n) is 2.75. The third-order valence-electron chi connectivity index (χ3n) is 4.14. The second kappa shape index (κ2) is 7.20. The summed E-state index contributed by atoms with van der Waals surface area (Å²) in [6.07, 6.45) is 1.26. The predicted molar refractivity (Wildman–Crippen MR) is 94.9 cm³/mol. The van der Waals surface area contributed by atoms with Crippen molar-refractivity contribution in [2.24, 2.45) is 0 Å². The smallest absolute Gasteiger partial charge is 0.326 e. The minimum Gasteiger partial charge on any atom is -0.504 e. The Morgan fingerprint density at radius 1 is 1.04 bits per heavy atom. The van der Waals surface area contributed by atoms with Crippen molar-refractivity contribution < 1.29 is 29.7 Å². The van der Waals surface area contributed by atoms with Gasteiger partial charge in [0.1, 0.15) is 6.04 Å². The van der Waals surface area contributed by atoms with Gasteiger partial charge >= 0.3 is 5.97 Å². The number of carboxylic acid groups (broad SMARTS) is 1. The van der Waals surface area contributed by atoms with Crippen molar-refractivity contribution in [2.75, 3.05) is 0 Å². The van der Waals surface area contributed by atoms with Crippen molar-refractivity contribution in [3.63, 3.8) is 0 Å². The van der Waals surface area contributed by atoms with Gasteiger partial charge < -0.3 is 20.6 Å². The molecule has 3 rings (SSSR count). The molecule has 0 bridgehead atoms. The number of aliphatic carboxylic acids is 1. The third-order valence-corrected chi connectivity index (χ3v) is 4.14. The summed E-state index contributed by atoms with van der Waals surface area (Å²) in [7, 11) is 0. The third kappa shape index (κ3) is 3.74. The van der Waals surface area contributed by atoms with E-state index in [1.807, 2.05) is 0 Å². The topological polar surface area (TPSA) is 136 Å². The van der Waals surface area contributed by atoms with Gasteiger partial charge in [0.2, 0.25) is 0 Å². The molecule has 1 heterocycles. The molecule has 8 nitrogen and oxygen atoms in total. The quantitative estimate of drug-likeness (QED) is 0.302. The minimum absolute atomic E-state index is 0.00481. The van der Waals surface area contributed by atoms with Crippen molar-refractivity contribution in [2.45, 2.75) is 12.5 Å². The van der Waals surface area contributed by atoms with Gasteiger partial charge in [0.15, 0.2) is 11.5 Å². The molecule has 0 fully saturated rings. The molecule has 1 atom stereocenters. The molecule has 27 heavy (non-hydrogen) atoms. The molecule has 2 aromatic carbocycles. The van der Waals surface area contributed by atoms with Gasteiger partial charge in [0.05, 0.1) is 5.57 Å². The lowest BCUT2D eigenvalue weighted by molar-refractivity contribution is -0.139. The second-order valence-electron chi connectivity index (χ2n) is 5.97. The zero-order valence-electron chi connectivity index (χ0n) is 14.0. The van der Waals surface area contributed by atoms with E-state index in [0.717, 1.165) is 0 Å². The Morgan fingerprint density at radius 2 is 1.74 bits per heavy atom. The number of phenols is 2. The highest BCUT2D eigenvalue weighted by Gasteiger charge is 2.27. The van der Waals surface area contributed by atoms with Gasteiger partial charge in [-0.2, -0.15) is 0 Å². The average Bonchev–Trinajstić information content (AvgIpc) is 2.63. The number of rotatable bonds is 5. The molecule has 0 saturated carbocycles. The van der Waals surface area contributed by atoms with E-state index in [4.69, 9.17) is 0 Å². The van der Waals surface area contributed by atoms with Gasteiger partial charge in [0, 0.05) is 23.7 Å². The number of carboxylic acids is 1. The van der Waals surface area contributed by atoms with E-state index in [1.54, 1.807) is 24.3 Å². The Labute approximate surface area is 153 Å². The number of nitrogens with one attached hydrogen (secondary N) is 2. The first kappa shape index (κ1) is 18.0. The number of carbonyl (C=O) groups is 3. The number of fused-ring (bicyclic) bond motifs is 1. The van der Waals surface area contributed by atoms with Crippen molar-refractivity contribution in [3.8, 4) is 11.5 Å². The van der Waals surface area contributed by atoms with Crippen LogP contribution in [-0.4, -0.2) is 39.1 Å². The van der Waals surface area contributed by atoms with Crippen LogP contribution in [0.2, 0.25) is 0 Å². The van der Waals surface area contributed by atoms with Crippen LogP contribution in [0.15, 0.2) is 48.7 Å². The monoisotopic (exact) mass is 368 g/mol. The first-order valence-electron chi connectivity index (χ1n) is 8.02. The van der Waals surface area contributed by atoms with Gasteiger partial charge in [-0.3, -0.25) is 14.9 Å². The number of amides is 2. The van der Waals surface area contributed by atoms with Gasteiger partial charge in [-0.1, -0.05) is 24.3 Å². The summed E-state index contributed by atoms with van der Waals surface area (Å²) in [6.45, 7) is 0. The molecule has 1 aliphatic rings. The normalized spacial score (nSPS) is 15.8. The highest BCUT2D eigenvalue weighted by atomic mass is 16.4. The molecule has 138 valence electrons. The van der Waals surface area contributed by atoms with E-state index in [1.165, 1.54) is 24.4 Å². The van der Waals surface area contributed by atoms with Crippen LogP contribution in [-0.2, 0) is 16.0 Å². The lowest BCUT2D eigenvalue weighted by Gasteiger charge is -2.19. The lowest BCUT2D eigenvalue weighted by Crippen LogP contribution is -2.39. The van der Waals surface area contributed by atoms with Crippen LogP contribution < -0.4 is 10.6 Å². The Morgan fingerprint density at radius 3 is 2.41 bits per heavy atom. The maximum atomic E-state index is 12.1. The van der Waals surface area contributed by atoms with Gasteiger partial charge in [-0.25, -0.2) is 4.79 Å². The van der Waals surface area contributed by atoms with Gasteiger partial charge in [0.25, 0.3) is 11.8 Å². The van der Waals surface area contributed by atoms with Crippen LogP contribution in [0.4, 0.5) is 0 Å². The molecular formula is C19H16N2O6. The molecule has 2 aromatic rings. The van der Waals surface area contributed by atoms with Crippen LogP contribution in [0.3, 0.4) is 0 Å². The number of hydrogen-bond donors (Lipinski definition) is 5. The van der Waals surface area contributed by atoms with E-state index < -0.39 is 23.8 Å². The first-order valence-corrected chi connectivity index (χ1v) is 8.02. The summed E-state index contributed by atoms with van der Waals surface area (Å²) in [5, 5.41) is 33.2. The van der Waals surface area contributed by atoms with Crippen molar-refractivity contribution in [1.82, 2.24) is 10.6 Å². The molecular weight excluding hydrogens is 352 g/mol. The zero-order valence-corrected chi connectivity index (χ0v) is 14.0. The van der Waals surface area contributed by atoms with Gasteiger partial charge in [-0.05, 0) is 23.8 Å². The summed E-state index contributed by atoms with van der Waals surface area (Å²) >= 11 is 0. The average molecular weight is 368 g/mol. The van der Waals surface area contributed by atoms with Crippen molar-refractivity contribution in [3.05, 3.63) is 65.4 Å². The molecule has 0 radical (unpaired) electrons. The molecule has 0 saturated heterocycles. The second-order valence-corrected chi connectivity index (χ2v) is 5.97. The molecule has 8 heteroatoms. The molecule has 0 aromatic heterocycles. The van der Waals surface area contributed by atoms with Crippen LogP contribution in [0.25, 0.3) is 5.57 Å². The fourth-order valence-corrected chi connectivity index (χ4v) is 2.75. The summed E-state index contributed by atoms with van der Waals surface area (Å²) in [6, 6.07) is 9.43. The molecule has 0 aliphatic carbocycles. The molecule has 2 amide bonds. The Bertz CT molecular complexity index is 966. The summed E-state index contributed by atoms with van der Waals surface area (Å²) < 4.78 is 0. The largest absolute Gasteiger partial charge is 0.504 e. The number of aromatic hydroxyl groups is 2. The lowest BCUT2D eigenvalue weighted by atomic mass is 9.95. The van der Waals surface area contributed by atoms with E-state index in [9.17, 15) is 29.7 Å². The zero-order chi connectivity index (χ0) is 19.6. The van der Waals surface area contributed by atoms with Crippen LogP contribution in [0.5, 0.6) is 11.5 Å². The summed E-state index contributed by atoms with van der Waals surface area (Å²) in [5.74, 6) is -2.96. The summed E-state index contributed by atoms with van der Waals surface area (Å²) in [5.41, 5.74) is 1.35. The maximum absolute atomic E-state index is 12.1. The highest BCUT2D eigenvalue weighted by molar-refractivity contribution is 6.30. The number of hydrogen-bond acceptors (Lipinski definition) is 6. The molecule has 1 unspecified atom stereocenters. The standard InChI is InChI=1S/C19H16N2O6/c22-15-6-5-10(8-16(15)23)7-14(19(26)27)20-9-13-11-3-1-2-4-12(11)17(24)21-18(13)25/h1-6,8-9,14,20,22-23H,7H2,(H,26,27)(H,21,24,25)/b13-9-. The van der Waals surface area contributed by atoms with Gasteiger partial charge in [-0.15, -0.1) is 0 Å². The molecule has 0 spiro atoms. The van der Waals surface area contributed by atoms with Crippen LogP contribution >= 0.6 is 0 Å². The Balaban J connectivity index is 1.86. The first-order chi connectivity index (χ1) is 12.9. The van der Waals surface area contributed by atoms with Crippen molar-refractivity contribution >= 4 is 23.4 Å². The van der Waals surface area contributed by atoms with E-state index in [-0.39, 0.29) is 23.5 Å². The van der Waals surface area contributed by atoms with E-state index in [0.29, 0.717) is 16.7 Å². The predicted octanol–water partition coefficient (Wildman–Crippen LogP) is 0.994. The summed E-state index contributed by atoms with van der Waals surface area (Å²) in [4.78, 5) is 35.6. The number of imide groups is 1. The Kier molecular flexibility index (Phi) is 4.80. The Hall–Kier alpha value is -3.81. The fraction of sp³-hybridized carbons (Fsp3) is 0.105. The van der Waals surface area contributed by atoms with Crippen LogP contribution in [0.1, 0.15) is 21.5 Å². The maximum Gasteiger partial charge on any atom is 0.326 e. The van der Waals surface area contributed by atoms with Crippen LogP contribution in [0, 0.1) is 0 Å².